The summed E-state index contributed by atoms with van der Waals surface area (Å²) >= 11 is 0. The van der Waals surface area contributed by atoms with Crippen molar-refractivity contribution in [2.45, 2.75) is 208 Å². The minimum absolute atomic E-state index is 0.243. The van der Waals surface area contributed by atoms with E-state index in [1.807, 2.05) is 6.08 Å². The molecule has 0 radical (unpaired) electrons. The van der Waals surface area contributed by atoms with Crippen molar-refractivity contribution in [3.05, 3.63) is 12.2 Å². The van der Waals surface area contributed by atoms with Crippen molar-refractivity contribution < 1.29 is 89.4 Å². The van der Waals surface area contributed by atoms with Gasteiger partial charge in [-0.2, -0.15) is 0 Å². The smallest absolute Gasteiger partial charge is 0.220 e. The predicted octanol–water partition coefficient (Wildman–Crippen LogP) is -1.65. The van der Waals surface area contributed by atoms with E-state index in [0.29, 0.717) is 6.42 Å². The first-order valence-corrected chi connectivity index (χ1v) is 21.4. The Hall–Kier alpha value is -1.47. The highest BCUT2D eigenvalue weighted by Gasteiger charge is 2.53. The summed E-state index contributed by atoms with van der Waals surface area (Å²) in [5.74, 6) is -0.291. The van der Waals surface area contributed by atoms with E-state index in [1.165, 1.54) is 6.42 Å². The number of ether oxygens (including phenoxy) is 6. The highest BCUT2D eigenvalue weighted by atomic mass is 16.8. The van der Waals surface area contributed by atoms with Gasteiger partial charge in [-0.25, -0.2) is 0 Å². The van der Waals surface area contributed by atoms with Crippen LogP contribution in [0.4, 0.5) is 0 Å². The van der Waals surface area contributed by atoms with Gasteiger partial charge in [-0.05, 0) is 19.3 Å². The SMILES string of the molecule is CCCCCCC/C=C/C(O)C(COC1OC(CO)C(OC2OC(CO)C(OC3OC(CO)C(O)C(O)C3O)C(O)C2O)C(O)C1O)NC(=O)CCCCCCCCC. The molecule has 0 bridgehead atoms. The average Bonchev–Trinajstić information content (AvgIpc) is 3.23. The third kappa shape index (κ3) is 15.7. The van der Waals surface area contributed by atoms with Gasteiger partial charge in [-0.1, -0.05) is 90.2 Å². The molecule has 3 aliphatic rings. The van der Waals surface area contributed by atoms with Gasteiger partial charge in [-0.15, -0.1) is 0 Å². The lowest BCUT2D eigenvalue weighted by Crippen LogP contribution is -2.66. The first kappa shape index (κ1) is 51.9. The molecule has 346 valence electrons. The van der Waals surface area contributed by atoms with E-state index in [4.69, 9.17) is 28.4 Å². The van der Waals surface area contributed by atoms with Crippen molar-refractivity contribution in [3.63, 3.8) is 0 Å². The van der Waals surface area contributed by atoms with E-state index < -0.39 is 124 Å². The largest absolute Gasteiger partial charge is 0.394 e. The monoisotopic (exact) mass is 855 g/mol. The number of amides is 1. The van der Waals surface area contributed by atoms with Crippen LogP contribution in [-0.4, -0.2) is 193 Å². The molecule has 0 aromatic rings. The third-order valence-electron chi connectivity index (χ3n) is 11.1. The van der Waals surface area contributed by atoms with E-state index in [-0.39, 0.29) is 18.9 Å². The van der Waals surface area contributed by atoms with Gasteiger partial charge in [0.15, 0.2) is 18.9 Å². The maximum absolute atomic E-state index is 13.0. The highest BCUT2D eigenvalue weighted by Crippen LogP contribution is 2.33. The Kier molecular flexibility index (Phi) is 24.2. The molecule has 19 nitrogen and oxygen atoms in total. The number of hydrogen-bond donors (Lipinski definition) is 12. The lowest BCUT2D eigenvalue weighted by molar-refractivity contribution is -0.379. The maximum atomic E-state index is 13.0. The van der Waals surface area contributed by atoms with Crippen LogP contribution < -0.4 is 5.32 Å². The summed E-state index contributed by atoms with van der Waals surface area (Å²) in [5.41, 5.74) is 0. The average molecular weight is 856 g/mol. The molecule has 0 aromatic carbocycles. The number of aliphatic hydroxyl groups excluding tert-OH is 11. The summed E-state index contributed by atoms with van der Waals surface area (Å²) in [6.07, 6.45) is -9.76. The molecule has 19 heteroatoms. The summed E-state index contributed by atoms with van der Waals surface area (Å²) in [7, 11) is 0. The van der Waals surface area contributed by atoms with E-state index in [0.717, 1.165) is 70.6 Å². The molecule has 0 aliphatic carbocycles. The molecule has 3 saturated heterocycles. The van der Waals surface area contributed by atoms with Crippen molar-refractivity contribution >= 4 is 5.91 Å². The first-order valence-electron chi connectivity index (χ1n) is 21.4. The van der Waals surface area contributed by atoms with Crippen LogP contribution in [-0.2, 0) is 33.2 Å². The van der Waals surface area contributed by atoms with Crippen LogP contribution in [0.25, 0.3) is 0 Å². The number of aliphatic hydroxyl groups is 11. The van der Waals surface area contributed by atoms with Crippen molar-refractivity contribution in [2.75, 3.05) is 26.4 Å². The fraction of sp³-hybridized carbons (Fsp3) is 0.925. The second-order valence-corrected chi connectivity index (χ2v) is 15.8. The fourth-order valence-electron chi connectivity index (χ4n) is 7.36. The van der Waals surface area contributed by atoms with Gasteiger partial charge in [0.2, 0.25) is 5.91 Å². The summed E-state index contributed by atoms with van der Waals surface area (Å²) in [4.78, 5) is 13.0. The normalized spacial score (nSPS) is 36.5. The van der Waals surface area contributed by atoms with E-state index >= 15 is 0 Å². The summed E-state index contributed by atoms with van der Waals surface area (Å²) < 4.78 is 33.8. The molecule has 0 saturated carbocycles. The topological polar surface area (TPSA) is 307 Å². The van der Waals surface area contributed by atoms with Gasteiger partial charge in [0.1, 0.15) is 73.2 Å². The molecule has 3 rings (SSSR count). The van der Waals surface area contributed by atoms with Gasteiger partial charge in [0.05, 0.1) is 38.6 Å². The lowest BCUT2D eigenvalue weighted by atomic mass is 9.96. The molecule has 3 aliphatic heterocycles. The highest BCUT2D eigenvalue weighted by molar-refractivity contribution is 5.76. The summed E-state index contributed by atoms with van der Waals surface area (Å²) in [6.45, 7) is 1.52. The van der Waals surface area contributed by atoms with Gasteiger partial charge >= 0.3 is 0 Å². The maximum Gasteiger partial charge on any atom is 0.220 e. The van der Waals surface area contributed by atoms with Crippen LogP contribution in [0, 0.1) is 0 Å². The number of hydrogen-bond acceptors (Lipinski definition) is 18. The second-order valence-electron chi connectivity index (χ2n) is 15.8. The zero-order valence-electron chi connectivity index (χ0n) is 34.5. The van der Waals surface area contributed by atoms with Crippen LogP contribution in [0.5, 0.6) is 0 Å². The Morgan fingerprint density at radius 2 is 1.05 bits per heavy atom. The molecule has 3 fully saturated rings. The molecule has 17 atom stereocenters. The second kappa shape index (κ2) is 27.6. The minimum atomic E-state index is -1.97. The van der Waals surface area contributed by atoms with Gasteiger partial charge in [-0.3, -0.25) is 4.79 Å². The van der Waals surface area contributed by atoms with Gasteiger partial charge < -0.3 is 89.9 Å². The van der Waals surface area contributed by atoms with Gasteiger partial charge in [0, 0.05) is 6.42 Å². The van der Waals surface area contributed by atoms with Crippen LogP contribution in [0.15, 0.2) is 12.2 Å². The van der Waals surface area contributed by atoms with Crippen LogP contribution in [0.1, 0.15) is 104 Å². The molecule has 0 spiro atoms. The molecule has 12 N–H and O–H groups in total. The number of carbonyl (C=O) groups excluding carboxylic acids is 1. The number of carbonyl (C=O) groups is 1. The molecular formula is C40H73NO18. The standard InChI is InChI=1S/C40H73NO18/c1-3-5-7-9-11-13-15-17-24(45)23(41-28(46)18-16-14-12-10-8-6-4-2)22-54-38-34(52)31(49)36(26(20-43)56-38)59-40-35(53)32(50)37(27(21-44)57-40)58-39-33(51)30(48)29(47)25(19-42)55-39/h15,17,23-27,29-40,42-45,47-53H,3-14,16,18-22H2,1-2H3,(H,41,46)/b17-15+. The van der Waals surface area contributed by atoms with Crippen molar-refractivity contribution in [3.8, 4) is 0 Å². The minimum Gasteiger partial charge on any atom is -0.394 e. The molecule has 59 heavy (non-hydrogen) atoms. The van der Waals surface area contributed by atoms with Crippen LogP contribution in [0.3, 0.4) is 0 Å². The zero-order valence-corrected chi connectivity index (χ0v) is 34.5. The molecule has 1 amide bonds. The number of unbranched alkanes of at least 4 members (excludes halogenated alkanes) is 11. The lowest BCUT2D eigenvalue weighted by Gasteiger charge is -2.48. The molecule has 17 unspecified atom stereocenters. The number of nitrogens with one attached hydrogen (secondary N) is 1. The summed E-state index contributed by atoms with van der Waals surface area (Å²) in [5, 5.41) is 119. The van der Waals surface area contributed by atoms with Crippen molar-refractivity contribution in [2.24, 2.45) is 0 Å². The predicted molar refractivity (Wildman–Crippen MR) is 208 cm³/mol. The van der Waals surface area contributed by atoms with E-state index in [2.05, 4.69) is 19.2 Å². The third-order valence-corrected chi connectivity index (χ3v) is 11.1. The Morgan fingerprint density at radius 1 is 0.593 bits per heavy atom. The Morgan fingerprint density at radius 3 is 1.59 bits per heavy atom. The quantitative estimate of drug-likeness (QED) is 0.0326. The molecule has 3 heterocycles. The van der Waals surface area contributed by atoms with Crippen molar-refractivity contribution in [1.29, 1.82) is 0 Å². The number of rotatable bonds is 27. The molecular weight excluding hydrogens is 782 g/mol. The molecule has 0 aromatic heterocycles. The Labute approximate surface area is 346 Å². The summed E-state index contributed by atoms with van der Waals surface area (Å²) in [6, 6.07) is -0.960. The van der Waals surface area contributed by atoms with Gasteiger partial charge in [0.25, 0.3) is 0 Å². The van der Waals surface area contributed by atoms with Crippen LogP contribution >= 0.6 is 0 Å². The Bertz CT molecular complexity index is 1170. The van der Waals surface area contributed by atoms with Crippen molar-refractivity contribution in [1.82, 2.24) is 5.32 Å². The zero-order chi connectivity index (χ0) is 43.5. The van der Waals surface area contributed by atoms with E-state index in [9.17, 15) is 61.0 Å². The van der Waals surface area contributed by atoms with E-state index in [1.54, 1.807) is 6.08 Å². The number of allylic oxidation sites excluding steroid dienone is 1. The first-order chi connectivity index (χ1) is 28.3. The fourth-order valence-corrected chi connectivity index (χ4v) is 7.36. The van der Waals surface area contributed by atoms with Crippen LogP contribution in [0.2, 0.25) is 0 Å². The Balaban J connectivity index is 1.63.